The fourth-order valence-corrected chi connectivity index (χ4v) is 4.80. The van der Waals surface area contributed by atoms with Crippen molar-refractivity contribution < 1.29 is 19.1 Å². The van der Waals surface area contributed by atoms with Crippen LogP contribution in [-0.2, 0) is 29.0 Å². The average molecular weight is 556 g/mol. The lowest BCUT2D eigenvalue weighted by molar-refractivity contribution is -0.141. The maximum absolute atomic E-state index is 13.9. The number of nitrogens with zero attached hydrogens (tertiary/aromatic N) is 1. The number of ether oxygens (including phenoxy) is 2. The number of nitrogens with one attached hydrogen (secondary N) is 1. The first-order valence-electron chi connectivity index (χ1n) is 12.6. The van der Waals surface area contributed by atoms with Crippen molar-refractivity contribution in [3.8, 4) is 11.5 Å². The van der Waals surface area contributed by atoms with Crippen LogP contribution in [0.3, 0.4) is 0 Å². The van der Waals surface area contributed by atoms with Gasteiger partial charge in [-0.05, 0) is 68.1 Å². The number of halogens is 2. The Hall–Kier alpha value is -3.22. The predicted molar refractivity (Wildman–Crippen MR) is 150 cm³/mol. The van der Waals surface area contributed by atoms with Gasteiger partial charge in [-0.2, -0.15) is 0 Å². The maximum atomic E-state index is 13.9. The molecule has 200 valence electrons. The number of fused-ring (bicyclic) bond motifs is 1. The second-order valence-electron chi connectivity index (χ2n) is 10.4. The number of amides is 2. The Morgan fingerprint density at radius 1 is 0.947 bits per heavy atom. The molecule has 4 rings (SSSR count). The van der Waals surface area contributed by atoms with E-state index in [0.29, 0.717) is 39.9 Å². The normalized spacial score (nSPS) is 13.2. The van der Waals surface area contributed by atoms with E-state index in [1.165, 1.54) is 0 Å². The first-order chi connectivity index (χ1) is 18.1. The Morgan fingerprint density at radius 3 is 2.39 bits per heavy atom. The van der Waals surface area contributed by atoms with E-state index < -0.39 is 11.6 Å². The van der Waals surface area contributed by atoms with Crippen molar-refractivity contribution in [2.24, 2.45) is 0 Å². The summed E-state index contributed by atoms with van der Waals surface area (Å²) in [6, 6.07) is 19.8. The summed E-state index contributed by atoms with van der Waals surface area (Å²) in [5, 5.41) is 4.02. The Balaban J connectivity index is 1.64. The SMILES string of the molecule is CC(C)(C)NC(=O)[C@@H](Cc1ccccc1)N(Cc1ccc(Cl)cc1Cl)C(=O)CCc1ccc2c(c1)OCO2. The van der Waals surface area contributed by atoms with Gasteiger partial charge in [0.1, 0.15) is 6.04 Å². The molecular formula is C30H32Cl2N2O4. The van der Waals surface area contributed by atoms with Gasteiger partial charge in [-0.15, -0.1) is 0 Å². The molecule has 3 aromatic carbocycles. The van der Waals surface area contributed by atoms with Crippen LogP contribution in [0.15, 0.2) is 66.7 Å². The van der Waals surface area contributed by atoms with E-state index in [1.807, 2.05) is 69.3 Å². The van der Waals surface area contributed by atoms with E-state index in [9.17, 15) is 9.59 Å². The maximum Gasteiger partial charge on any atom is 0.243 e. The molecule has 1 aliphatic rings. The van der Waals surface area contributed by atoms with E-state index in [2.05, 4.69) is 5.32 Å². The third kappa shape index (κ3) is 7.42. The van der Waals surface area contributed by atoms with Gasteiger partial charge in [0.25, 0.3) is 0 Å². The van der Waals surface area contributed by atoms with Gasteiger partial charge in [0.2, 0.25) is 18.6 Å². The van der Waals surface area contributed by atoms with Crippen LogP contribution in [0.4, 0.5) is 0 Å². The van der Waals surface area contributed by atoms with Crippen LogP contribution in [-0.4, -0.2) is 35.1 Å². The first kappa shape index (κ1) is 27.8. The van der Waals surface area contributed by atoms with Crippen LogP contribution in [0.2, 0.25) is 10.0 Å². The van der Waals surface area contributed by atoms with E-state index >= 15 is 0 Å². The quantitative estimate of drug-likeness (QED) is 0.341. The highest BCUT2D eigenvalue weighted by molar-refractivity contribution is 6.35. The van der Waals surface area contributed by atoms with Crippen LogP contribution in [0.25, 0.3) is 0 Å². The zero-order chi connectivity index (χ0) is 27.3. The Morgan fingerprint density at radius 2 is 1.68 bits per heavy atom. The molecule has 0 spiro atoms. The summed E-state index contributed by atoms with van der Waals surface area (Å²) in [5.74, 6) is 0.994. The number of carbonyl (C=O) groups is 2. The van der Waals surface area contributed by atoms with Gasteiger partial charge in [0.05, 0.1) is 0 Å². The minimum absolute atomic E-state index is 0.154. The lowest BCUT2D eigenvalue weighted by Crippen LogP contribution is -2.54. The molecule has 1 aliphatic heterocycles. The Labute approximate surface area is 233 Å². The van der Waals surface area contributed by atoms with E-state index in [1.54, 1.807) is 23.1 Å². The average Bonchev–Trinajstić information content (AvgIpc) is 3.33. The van der Waals surface area contributed by atoms with Crippen LogP contribution in [0, 0.1) is 0 Å². The van der Waals surface area contributed by atoms with E-state index in [0.717, 1.165) is 11.1 Å². The molecule has 2 amide bonds. The molecule has 38 heavy (non-hydrogen) atoms. The van der Waals surface area contributed by atoms with Crippen molar-refractivity contribution >= 4 is 35.0 Å². The van der Waals surface area contributed by atoms with Gasteiger partial charge >= 0.3 is 0 Å². The number of rotatable bonds is 9. The van der Waals surface area contributed by atoms with Crippen LogP contribution in [0.1, 0.15) is 43.9 Å². The summed E-state index contributed by atoms with van der Waals surface area (Å²) in [6.07, 6.45) is 1.06. The molecule has 0 fully saturated rings. The smallest absolute Gasteiger partial charge is 0.243 e. The molecule has 1 N–H and O–H groups in total. The number of hydrogen-bond donors (Lipinski definition) is 1. The van der Waals surface area contributed by atoms with Gasteiger partial charge in [-0.1, -0.05) is 65.7 Å². The molecule has 8 heteroatoms. The molecule has 0 saturated carbocycles. The van der Waals surface area contributed by atoms with Crippen molar-refractivity contribution in [3.05, 3.63) is 93.5 Å². The lowest BCUT2D eigenvalue weighted by atomic mass is 9.99. The van der Waals surface area contributed by atoms with Crippen molar-refractivity contribution in [2.75, 3.05) is 6.79 Å². The van der Waals surface area contributed by atoms with Crippen molar-refractivity contribution in [3.63, 3.8) is 0 Å². The monoisotopic (exact) mass is 554 g/mol. The van der Waals surface area contributed by atoms with Gasteiger partial charge in [0, 0.05) is 35.0 Å². The van der Waals surface area contributed by atoms with E-state index in [4.69, 9.17) is 32.7 Å². The summed E-state index contributed by atoms with van der Waals surface area (Å²) in [6.45, 7) is 6.13. The van der Waals surface area contributed by atoms with Gasteiger partial charge < -0.3 is 19.7 Å². The number of hydrogen-bond acceptors (Lipinski definition) is 4. The standard InChI is InChI=1S/C30H32Cl2N2O4/c1-30(2,3)33-29(36)25(15-20-7-5-4-6-8-20)34(18-22-11-12-23(31)17-24(22)32)28(35)14-10-21-9-13-26-27(16-21)38-19-37-26/h4-9,11-13,16-17,25H,10,14-15,18-19H2,1-3H3,(H,33,36)/t25-/m1/s1. The molecule has 0 unspecified atom stereocenters. The molecular weight excluding hydrogens is 523 g/mol. The third-order valence-electron chi connectivity index (χ3n) is 6.19. The number of carbonyl (C=O) groups excluding carboxylic acids is 2. The minimum Gasteiger partial charge on any atom is -0.454 e. The van der Waals surface area contributed by atoms with E-state index in [-0.39, 0.29) is 31.6 Å². The van der Waals surface area contributed by atoms with Crippen molar-refractivity contribution in [2.45, 2.75) is 58.2 Å². The molecule has 6 nitrogen and oxygen atoms in total. The van der Waals surface area contributed by atoms with Gasteiger partial charge in [0.15, 0.2) is 11.5 Å². The molecule has 0 aromatic heterocycles. The topological polar surface area (TPSA) is 67.9 Å². The molecule has 0 saturated heterocycles. The Kier molecular flexibility index (Phi) is 8.85. The molecule has 0 radical (unpaired) electrons. The Bertz CT molecular complexity index is 1290. The molecule has 1 atom stereocenters. The first-order valence-corrected chi connectivity index (χ1v) is 13.3. The highest BCUT2D eigenvalue weighted by atomic mass is 35.5. The van der Waals surface area contributed by atoms with Gasteiger partial charge in [-0.3, -0.25) is 9.59 Å². The third-order valence-corrected chi connectivity index (χ3v) is 6.78. The summed E-state index contributed by atoms with van der Waals surface area (Å²) >= 11 is 12.6. The molecule has 3 aromatic rings. The number of aryl methyl sites for hydroxylation is 1. The van der Waals surface area contributed by atoms with Gasteiger partial charge in [-0.25, -0.2) is 0 Å². The zero-order valence-electron chi connectivity index (χ0n) is 21.8. The van der Waals surface area contributed by atoms with Crippen molar-refractivity contribution in [1.29, 1.82) is 0 Å². The highest BCUT2D eigenvalue weighted by Gasteiger charge is 2.32. The van der Waals surface area contributed by atoms with Crippen LogP contribution < -0.4 is 14.8 Å². The largest absolute Gasteiger partial charge is 0.454 e. The predicted octanol–water partition coefficient (Wildman–Crippen LogP) is 6.21. The van der Waals surface area contributed by atoms with Crippen LogP contribution >= 0.6 is 23.2 Å². The summed E-state index contributed by atoms with van der Waals surface area (Å²) in [4.78, 5) is 29.1. The summed E-state index contributed by atoms with van der Waals surface area (Å²) in [7, 11) is 0. The number of benzene rings is 3. The fraction of sp³-hybridized carbons (Fsp3) is 0.333. The second-order valence-corrected chi connectivity index (χ2v) is 11.2. The minimum atomic E-state index is -0.743. The molecule has 0 bridgehead atoms. The molecule has 1 heterocycles. The fourth-order valence-electron chi connectivity index (χ4n) is 4.33. The highest BCUT2D eigenvalue weighted by Crippen LogP contribution is 2.33. The second kappa shape index (κ2) is 12.1. The summed E-state index contributed by atoms with van der Waals surface area (Å²) in [5.41, 5.74) is 2.16. The van der Waals surface area contributed by atoms with Crippen LogP contribution in [0.5, 0.6) is 11.5 Å². The summed E-state index contributed by atoms with van der Waals surface area (Å²) < 4.78 is 10.9. The van der Waals surface area contributed by atoms with Crippen molar-refractivity contribution in [1.82, 2.24) is 10.2 Å². The lowest BCUT2D eigenvalue weighted by Gasteiger charge is -2.34. The molecule has 0 aliphatic carbocycles. The zero-order valence-corrected chi connectivity index (χ0v) is 23.3.